The van der Waals surface area contributed by atoms with Crippen LogP contribution in [0.15, 0.2) is 23.2 Å². The number of hydrogen-bond acceptors (Lipinski definition) is 8. The summed E-state index contributed by atoms with van der Waals surface area (Å²) in [5.41, 5.74) is 17.9. The van der Waals surface area contributed by atoms with E-state index in [0.717, 1.165) is 6.07 Å². The smallest absolute Gasteiger partial charge is 0.185 e. The maximum atomic E-state index is 14.0. The van der Waals surface area contributed by atoms with Crippen molar-refractivity contribution in [2.75, 3.05) is 17.6 Å². The fraction of sp³-hybridized carbons (Fsp3) is 0.333. The van der Waals surface area contributed by atoms with Gasteiger partial charge >= 0.3 is 0 Å². The first-order chi connectivity index (χ1) is 11.9. The summed E-state index contributed by atoms with van der Waals surface area (Å²) >= 11 is 2.52. The lowest BCUT2D eigenvalue weighted by Gasteiger charge is -2.38. The molecule has 2 atom stereocenters. The number of amidine groups is 1. The number of thioether (sulfide) groups is 1. The lowest BCUT2D eigenvalue weighted by molar-refractivity contribution is 0.462. The first kappa shape index (κ1) is 17.9. The molecule has 1 aliphatic heterocycles. The molecule has 0 radical (unpaired) electrons. The lowest BCUT2D eigenvalue weighted by atomic mass is 10.1. The van der Waals surface area contributed by atoms with Crippen LogP contribution < -0.4 is 22.5 Å². The van der Waals surface area contributed by atoms with Gasteiger partial charge in [-0.25, -0.2) is 18.8 Å². The van der Waals surface area contributed by atoms with Crippen molar-refractivity contribution in [2.45, 2.75) is 17.7 Å². The fourth-order valence-electron chi connectivity index (χ4n) is 2.47. The molecule has 0 amide bonds. The molecule has 3 rings (SSSR count). The Morgan fingerprint density at radius 3 is 2.84 bits per heavy atom. The van der Waals surface area contributed by atoms with E-state index in [0.29, 0.717) is 28.2 Å². The van der Waals surface area contributed by atoms with Crippen molar-refractivity contribution >= 4 is 39.9 Å². The number of hydrogen-bond donors (Lipinski definition) is 4. The summed E-state index contributed by atoms with van der Waals surface area (Å²) in [5, 5.41) is 3.60. The highest BCUT2D eigenvalue weighted by atomic mass is 32.2. The van der Waals surface area contributed by atoms with Gasteiger partial charge in [-0.1, -0.05) is 30.4 Å². The van der Waals surface area contributed by atoms with Crippen molar-refractivity contribution in [3.05, 3.63) is 40.3 Å². The molecule has 0 aliphatic carbocycles. The van der Waals surface area contributed by atoms with Crippen LogP contribution in [0.3, 0.4) is 0 Å². The van der Waals surface area contributed by atoms with Crippen LogP contribution in [-0.2, 0) is 5.75 Å². The van der Waals surface area contributed by atoms with Crippen LogP contribution in [0.1, 0.15) is 17.4 Å². The molecule has 134 valence electrons. The topological polar surface area (TPSA) is 115 Å². The molecule has 1 aromatic carbocycles. The van der Waals surface area contributed by atoms with E-state index in [1.54, 1.807) is 0 Å². The second kappa shape index (κ2) is 6.77. The summed E-state index contributed by atoms with van der Waals surface area (Å²) in [6.45, 7) is 2.22. The summed E-state index contributed by atoms with van der Waals surface area (Å²) in [6, 6.07) is 4.09. The minimum absolute atomic E-state index is 0.149. The first-order valence-corrected chi connectivity index (χ1v) is 9.33. The molecule has 2 heterocycles. The van der Waals surface area contributed by atoms with E-state index in [4.69, 9.17) is 17.2 Å². The van der Waals surface area contributed by atoms with Crippen LogP contribution in [0.4, 0.5) is 19.7 Å². The SMILES string of the molecule is C[C@H](CN)C1(SCc2cccc(F)c2F)N=C(N)c2sc(N)nc2N1. The van der Waals surface area contributed by atoms with Gasteiger partial charge in [0, 0.05) is 17.2 Å². The Labute approximate surface area is 151 Å². The van der Waals surface area contributed by atoms with Crippen LogP contribution in [0.25, 0.3) is 0 Å². The van der Waals surface area contributed by atoms with Crippen molar-refractivity contribution in [1.29, 1.82) is 0 Å². The van der Waals surface area contributed by atoms with E-state index >= 15 is 0 Å². The number of rotatable bonds is 5. The van der Waals surface area contributed by atoms with E-state index in [2.05, 4.69) is 15.3 Å². The normalized spacial score (nSPS) is 20.6. The predicted octanol–water partition coefficient (Wildman–Crippen LogP) is 2.32. The maximum absolute atomic E-state index is 14.0. The number of nitrogens with two attached hydrogens (primary N) is 3. The van der Waals surface area contributed by atoms with Crippen molar-refractivity contribution in [3.63, 3.8) is 0 Å². The molecule has 2 aromatic rings. The Hall–Kier alpha value is -1.91. The maximum Gasteiger partial charge on any atom is 0.185 e. The van der Waals surface area contributed by atoms with Crippen molar-refractivity contribution < 1.29 is 8.78 Å². The number of nitrogens with zero attached hydrogens (tertiary/aromatic N) is 2. The van der Waals surface area contributed by atoms with E-state index in [9.17, 15) is 8.78 Å². The number of thiazole rings is 1. The molecule has 0 spiro atoms. The van der Waals surface area contributed by atoms with Crippen LogP contribution in [0.2, 0.25) is 0 Å². The van der Waals surface area contributed by atoms with Gasteiger partial charge in [0.15, 0.2) is 27.6 Å². The highest BCUT2D eigenvalue weighted by Crippen LogP contribution is 2.43. The van der Waals surface area contributed by atoms with Gasteiger partial charge < -0.3 is 22.5 Å². The number of nitrogens with one attached hydrogen (secondary N) is 1. The molecule has 10 heteroatoms. The van der Waals surface area contributed by atoms with Crippen molar-refractivity contribution in [3.8, 4) is 0 Å². The number of fused-ring (bicyclic) bond motifs is 1. The number of halogens is 2. The van der Waals surface area contributed by atoms with Crippen LogP contribution in [-0.4, -0.2) is 22.4 Å². The number of aromatic nitrogens is 1. The lowest BCUT2D eigenvalue weighted by Crippen LogP contribution is -2.47. The zero-order chi connectivity index (χ0) is 18.2. The molecule has 6 nitrogen and oxygen atoms in total. The summed E-state index contributed by atoms with van der Waals surface area (Å²) < 4.78 is 27.4. The highest BCUT2D eigenvalue weighted by molar-refractivity contribution is 8.00. The molecule has 25 heavy (non-hydrogen) atoms. The third-order valence-electron chi connectivity index (χ3n) is 3.96. The molecule has 0 saturated carbocycles. The molecular weight excluding hydrogens is 366 g/mol. The minimum atomic E-state index is -0.939. The van der Waals surface area contributed by atoms with Crippen LogP contribution in [0.5, 0.6) is 0 Å². The number of benzene rings is 1. The quantitative estimate of drug-likeness (QED) is 0.629. The fourth-order valence-corrected chi connectivity index (χ4v) is 4.47. The van der Waals surface area contributed by atoms with Crippen LogP contribution >= 0.6 is 23.1 Å². The third kappa shape index (κ3) is 3.29. The van der Waals surface area contributed by atoms with Gasteiger partial charge in [-0.2, -0.15) is 0 Å². The van der Waals surface area contributed by atoms with Crippen molar-refractivity contribution in [2.24, 2.45) is 22.4 Å². The molecule has 0 bridgehead atoms. The average molecular weight is 384 g/mol. The van der Waals surface area contributed by atoms with Gasteiger partial charge in [-0.05, 0) is 12.6 Å². The Bertz CT molecular complexity index is 824. The van der Waals surface area contributed by atoms with Crippen LogP contribution in [0, 0.1) is 17.6 Å². The number of aliphatic imine (C=N–C) groups is 1. The molecule has 1 aliphatic rings. The first-order valence-electron chi connectivity index (χ1n) is 7.53. The van der Waals surface area contributed by atoms with Gasteiger partial charge in [0.2, 0.25) is 0 Å². The van der Waals surface area contributed by atoms with Gasteiger partial charge in [-0.15, -0.1) is 11.8 Å². The Kier molecular flexibility index (Phi) is 4.85. The summed E-state index contributed by atoms with van der Waals surface area (Å²) in [7, 11) is 0. The standard InChI is InChI=1S/C15H18F2N6S2/c1-7(5-18)15(24-6-8-3-2-4-9(16)10(8)17)22-12(19)11-13(23-15)21-14(20)25-11/h2-4,7,23H,5-6,18H2,1H3,(H2,19,22)(H2,20,21)/t7-,15?/m1/s1. The third-order valence-corrected chi connectivity index (χ3v) is 6.36. The summed E-state index contributed by atoms with van der Waals surface area (Å²) in [6.07, 6.45) is 0. The number of nitrogen functional groups attached to an aromatic ring is 1. The van der Waals surface area contributed by atoms with E-state index < -0.39 is 16.6 Å². The summed E-state index contributed by atoms with van der Waals surface area (Å²) in [5.74, 6) is -0.876. The second-order valence-electron chi connectivity index (χ2n) is 5.69. The van der Waals surface area contributed by atoms with Crippen molar-refractivity contribution in [1.82, 2.24) is 4.98 Å². The predicted molar refractivity (Wildman–Crippen MR) is 99.5 cm³/mol. The van der Waals surface area contributed by atoms with Gasteiger partial charge in [0.1, 0.15) is 10.7 Å². The van der Waals surface area contributed by atoms with E-state index in [1.807, 2.05) is 6.92 Å². The molecule has 0 saturated heterocycles. The molecule has 7 N–H and O–H groups in total. The molecular formula is C15H18F2N6S2. The molecule has 1 aromatic heterocycles. The largest absolute Gasteiger partial charge is 0.383 e. The minimum Gasteiger partial charge on any atom is -0.383 e. The second-order valence-corrected chi connectivity index (χ2v) is 7.92. The Balaban J connectivity index is 1.93. The zero-order valence-electron chi connectivity index (χ0n) is 13.4. The average Bonchev–Trinajstić information content (AvgIpc) is 2.96. The Morgan fingerprint density at radius 1 is 1.36 bits per heavy atom. The highest BCUT2D eigenvalue weighted by Gasteiger charge is 2.41. The van der Waals surface area contributed by atoms with E-state index in [-0.39, 0.29) is 17.2 Å². The molecule has 1 unspecified atom stereocenters. The molecule has 0 fully saturated rings. The van der Waals surface area contributed by atoms with Gasteiger partial charge in [-0.3, -0.25) is 0 Å². The van der Waals surface area contributed by atoms with E-state index in [1.165, 1.54) is 35.2 Å². The Morgan fingerprint density at radius 2 is 2.12 bits per heavy atom. The zero-order valence-corrected chi connectivity index (χ0v) is 15.1. The number of anilines is 2. The monoisotopic (exact) mass is 384 g/mol. The summed E-state index contributed by atoms with van der Waals surface area (Å²) in [4.78, 5) is 8.53. The van der Waals surface area contributed by atoms with Gasteiger partial charge in [0.25, 0.3) is 0 Å². The van der Waals surface area contributed by atoms with Gasteiger partial charge in [0.05, 0.1) is 0 Å².